The Morgan fingerprint density at radius 2 is 1.80 bits per heavy atom. The second-order valence-electron chi connectivity index (χ2n) is 4.87. The van der Waals surface area contributed by atoms with Gasteiger partial charge < -0.3 is 0 Å². The molecular weight excluding hydrogens is 280 g/mol. The van der Waals surface area contributed by atoms with Crippen LogP contribution in [0, 0.1) is 6.92 Å². The molecule has 0 radical (unpaired) electrons. The number of rotatable bonds is 4. The van der Waals surface area contributed by atoms with Crippen LogP contribution in [0.25, 0.3) is 0 Å². The zero-order valence-corrected chi connectivity index (χ0v) is 12.1. The highest BCUT2D eigenvalue weighted by Gasteiger charge is 2.20. The molecule has 0 bridgehead atoms. The first-order valence-corrected chi connectivity index (χ1v) is 8.01. The number of carbonyl (C=O) groups excluding carboxylic acids is 1. The molecule has 110 valence electrons. The minimum absolute atomic E-state index is 0.0252. The van der Waals surface area contributed by atoms with E-state index in [1.165, 1.54) is 12.1 Å². The summed E-state index contributed by atoms with van der Waals surface area (Å²) in [5, 5.41) is 0. The number of benzene rings is 1. The van der Waals surface area contributed by atoms with Crippen LogP contribution in [-0.2, 0) is 14.9 Å². The lowest BCUT2D eigenvalue weighted by atomic mass is 10.2. The van der Waals surface area contributed by atoms with Crippen molar-refractivity contribution >= 4 is 16.1 Å². The highest BCUT2D eigenvalue weighted by Crippen LogP contribution is 2.19. The Morgan fingerprint density at radius 3 is 2.40 bits per heavy atom. The van der Waals surface area contributed by atoms with E-state index in [4.69, 9.17) is 4.84 Å². The van der Waals surface area contributed by atoms with Gasteiger partial charge in [0, 0.05) is 0 Å². The fraction of sp³-hybridized carbons (Fsp3) is 0.462. The molecule has 1 aromatic rings. The molecule has 2 amide bonds. The SMILES string of the molecule is Cc1ccc(S(=O)(=O)NC(=O)NOC2CCCC2)cc1. The summed E-state index contributed by atoms with van der Waals surface area (Å²) in [5.41, 5.74) is 3.08. The van der Waals surface area contributed by atoms with Crippen LogP contribution in [-0.4, -0.2) is 20.6 Å². The van der Waals surface area contributed by atoms with E-state index >= 15 is 0 Å². The molecule has 7 heteroatoms. The maximum Gasteiger partial charge on any atom is 0.352 e. The first kappa shape index (κ1) is 14.8. The third-order valence-corrected chi connectivity index (χ3v) is 4.53. The highest BCUT2D eigenvalue weighted by molar-refractivity contribution is 7.90. The van der Waals surface area contributed by atoms with E-state index in [9.17, 15) is 13.2 Å². The Balaban J connectivity index is 1.90. The molecule has 20 heavy (non-hydrogen) atoms. The molecule has 1 aromatic carbocycles. The quantitative estimate of drug-likeness (QED) is 0.831. The fourth-order valence-electron chi connectivity index (χ4n) is 2.06. The molecule has 0 spiro atoms. The number of urea groups is 1. The average Bonchev–Trinajstić information content (AvgIpc) is 2.89. The predicted octanol–water partition coefficient (Wildman–Crippen LogP) is 1.86. The molecule has 6 nitrogen and oxygen atoms in total. The lowest BCUT2D eigenvalue weighted by Crippen LogP contribution is -2.40. The molecule has 0 heterocycles. The smallest absolute Gasteiger partial charge is 0.269 e. The van der Waals surface area contributed by atoms with E-state index in [1.54, 1.807) is 12.1 Å². The monoisotopic (exact) mass is 298 g/mol. The number of sulfonamides is 1. The van der Waals surface area contributed by atoms with Gasteiger partial charge in [0.1, 0.15) is 0 Å². The molecule has 1 aliphatic rings. The van der Waals surface area contributed by atoms with Crippen LogP contribution in [0.1, 0.15) is 31.2 Å². The third kappa shape index (κ3) is 3.94. The van der Waals surface area contributed by atoms with E-state index in [1.807, 2.05) is 11.6 Å². The highest BCUT2D eigenvalue weighted by atomic mass is 32.2. The summed E-state index contributed by atoms with van der Waals surface area (Å²) in [6, 6.07) is 5.35. The summed E-state index contributed by atoms with van der Waals surface area (Å²) in [7, 11) is -3.86. The summed E-state index contributed by atoms with van der Waals surface area (Å²) in [6.45, 7) is 1.85. The Kier molecular flexibility index (Phi) is 4.61. The number of amides is 2. The Hall–Kier alpha value is -1.60. The number of hydrogen-bond acceptors (Lipinski definition) is 4. The summed E-state index contributed by atoms with van der Waals surface area (Å²) in [5.74, 6) is 0. The second kappa shape index (κ2) is 6.23. The number of hydroxylamine groups is 1. The van der Waals surface area contributed by atoms with Gasteiger partial charge in [-0.25, -0.2) is 23.4 Å². The lowest BCUT2D eigenvalue weighted by Gasteiger charge is -2.12. The fourth-order valence-corrected chi connectivity index (χ4v) is 2.96. The molecule has 2 rings (SSSR count). The standard InChI is InChI=1S/C13H18N2O4S/c1-10-6-8-12(9-7-10)20(17,18)15-13(16)14-19-11-4-2-3-5-11/h6-9,11H,2-5H2,1H3,(H2,14,15,16). The Labute approximate surface area is 118 Å². The van der Waals surface area contributed by atoms with Gasteiger partial charge in [-0.15, -0.1) is 0 Å². The van der Waals surface area contributed by atoms with Gasteiger partial charge in [-0.1, -0.05) is 30.5 Å². The van der Waals surface area contributed by atoms with Gasteiger partial charge in [-0.2, -0.15) is 0 Å². The molecule has 1 saturated carbocycles. The van der Waals surface area contributed by atoms with Gasteiger partial charge in [-0.3, -0.25) is 4.84 Å². The molecule has 0 aliphatic heterocycles. The van der Waals surface area contributed by atoms with Gasteiger partial charge in [0.25, 0.3) is 10.0 Å². The molecule has 0 atom stereocenters. The maximum atomic E-state index is 11.9. The second-order valence-corrected chi connectivity index (χ2v) is 6.56. The minimum Gasteiger partial charge on any atom is -0.269 e. The first-order chi connectivity index (χ1) is 9.47. The van der Waals surface area contributed by atoms with Crippen molar-refractivity contribution in [2.45, 2.75) is 43.6 Å². The van der Waals surface area contributed by atoms with Gasteiger partial charge in [-0.05, 0) is 31.9 Å². The number of hydrogen-bond donors (Lipinski definition) is 2. The summed E-state index contributed by atoms with van der Waals surface area (Å²) in [4.78, 5) is 16.7. The van der Waals surface area contributed by atoms with Crippen molar-refractivity contribution in [3.63, 3.8) is 0 Å². The topological polar surface area (TPSA) is 84.5 Å². The Morgan fingerprint density at radius 1 is 1.20 bits per heavy atom. The molecule has 2 N–H and O–H groups in total. The number of aryl methyl sites for hydroxylation is 1. The zero-order valence-electron chi connectivity index (χ0n) is 11.3. The van der Waals surface area contributed by atoms with Gasteiger partial charge in [0.05, 0.1) is 11.0 Å². The van der Waals surface area contributed by atoms with Crippen LogP contribution in [0.2, 0.25) is 0 Å². The summed E-state index contributed by atoms with van der Waals surface area (Å²) >= 11 is 0. The van der Waals surface area contributed by atoms with E-state index < -0.39 is 16.1 Å². The van der Waals surface area contributed by atoms with Crippen molar-refractivity contribution < 1.29 is 18.0 Å². The largest absolute Gasteiger partial charge is 0.352 e. The molecule has 1 aliphatic carbocycles. The minimum atomic E-state index is -3.86. The van der Waals surface area contributed by atoms with Gasteiger partial charge in [0.15, 0.2) is 0 Å². The molecule has 0 saturated heterocycles. The number of nitrogens with one attached hydrogen (secondary N) is 2. The average molecular weight is 298 g/mol. The summed E-state index contributed by atoms with van der Waals surface area (Å²) < 4.78 is 25.8. The van der Waals surface area contributed by atoms with Crippen LogP contribution in [0.4, 0.5) is 4.79 Å². The van der Waals surface area contributed by atoms with Gasteiger partial charge in [0.2, 0.25) is 0 Å². The van der Waals surface area contributed by atoms with Gasteiger partial charge >= 0.3 is 6.03 Å². The molecule has 0 unspecified atom stereocenters. The van der Waals surface area contributed by atoms with Crippen molar-refractivity contribution in [2.75, 3.05) is 0 Å². The normalized spacial score (nSPS) is 16.1. The van der Waals surface area contributed by atoms with Crippen LogP contribution < -0.4 is 10.2 Å². The number of carbonyl (C=O) groups is 1. The molecule has 1 fully saturated rings. The maximum absolute atomic E-state index is 11.9. The molecule has 0 aromatic heterocycles. The van der Waals surface area contributed by atoms with Crippen molar-refractivity contribution in [1.82, 2.24) is 10.2 Å². The van der Waals surface area contributed by atoms with Crippen molar-refractivity contribution in [3.8, 4) is 0 Å². The third-order valence-electron chi connectivity index (χ3n) is 3.18. The van der Waals surface area contributed by atoms with E-state index in [-0.39, 0.29) is 11.0 Å². The van der Waals surface area contributed by atoms with Crippen molar-refractivity contribution in [3.05, 3.63) is 29.8 Å². The van der Waals surface area contributed by atoms with E-state index in [2.05, 4.69) is 5.48 Å². The van der Waals surface area contributed by atoms with Crippen LogP contribution in [0.5, 0.6) is 0 Å². The summed E-state index contributed by atoms with van der Waals surface area (Å²) in [6.07, 6.45) is 3.86. The van der Waals surface area contributed by atoms with Crippen molar-refractivity contribution in [1.29, 1.82) is 0 Å². The first-order valence-electron chi connectivity index (χ1n) is 6.52. The van der Waals surface area contributed by atoms with E-state index in [0.717, 1.165) is 31.2 Å². The van der Waals surface area contributed by atoms with Crippen LogP contribution in [0.15, 0.2) is 29.2 Å². The molecular formula is C13H18N2O4S. The lowest BCUT2D eigenvalue weighted by molar-refractivity contribution is 0.00141. The van der Waals surface area contributed by atoms with E-state index in [0.29, 0.717) is 0 Å². The van der Waals surface area contributed by atoms with Crippen molar-refractivity contribution in [2.24, 2.45) is 0 Å². The van der Waals surface area contributed by atoms with Crippen LogP contribution in [0.3, 0.4) is 0 Å². The predicted molar refractivity (Wildman–Crippen MR) is 73.4 cm³/mol. The zero-order chi connectivity index (χ0) is 14.6. The van der Waals surface area contributed by atoms with Crippen LogP contribution >= 0.6 is 0 Å². The Bertz CT molecular complexity index is 563.